The lowest BCUT2D eigenvalue weighted by molar-refractivity contribution is 0.253. The maximum absolute atomic E-state index is 4.47. The molecule has 2 aromatic heterocycles. The number of hydrogen-bond acceptors (Lipinski definition) is 3. The van der Waals surface area contributed by atoms with E-state index in [-0.39, 0.29) is 0 Å². The number of aromatic nitrogens is 3. The Morgan fingerprint density at radius 2 is 2.10 bits per heavy atom. The maximum Gasteiger partial charge on any atom is 0.176 e. The van der Waals surface area contributed by atoms with E-state index in [0.717, 1.165) is 17.4 Å². The number of pyridine rings is 1. The molecule has 0 radical (unpaired) electrons. The van der Waals surface area contributed by atoms with E-state index >= 15 is 0 Å². The molecule has 1 fully saturated rings. The average molecular weight is 270 g/mol. The van der Waals surface area contributed by atoms with Gasteiger partial charge in [-0.3, -0.25) is 0 Å². The van der Waals surface area contributed by atoms with Crippen LogP contribution in [0.5, 0.6) is 0 Å². The van der Waals surface area contributed by atoms with E-state index in [9.17, 15) is 0 Å². The zero-order valence-corrected chi connectivity index (χ0v) is 12.2. The summed E-state index contributed by atoms with van der Waals surface area (Å²) in [5.41, 5.74) is 1.07. The van der Waals surface area contributed by atoms with Crippen LogP contribution in [-0.4, -0.2) is 20.8 Å². The van der Waals surface area contributed by atoms with Gasteiger partial charge in [0.1, 0.15) is 0 Å². The molecule has 106 valence electrons. The van der Waals surface area contributed by atoms with E-state index in [1.54, 1.807) is 6.20 Å². The molecule has 1 aliphatic rings. The Morgan fingerprint density at radius 1 is 1.20 bits per heavy atom. The molecule has 20 heavy (non-hydrogen) atoms. The molecule has 0 bridgehead atoms. The van der Waals surface area contributed by atoms with Crippen LogP contribution in [0.3, 0.4) is 0 Å². The molecule has 2 aromatic rings. The van der Waals surface area contributed by atoms with E-state index in [2.05, 4.69) is 35.3 Å². The molecule has 0 saturated heterocycles. The Kier molecular flexibility index (Phi) is 3.72. The Labute approximate surface area is 120 Å². The van der Waals surface area contributed by atoms with Crippen molar-refractivity contribution in [2.45, 2.75) is 39.2 Å². The molecule has 1 N–H and O–H groups in total. The lowest BCUT2D eigenvalue weighted by Gasteiger charge is -2.35. The molecule has 0 aliphatic heterocycles. The summed E-state index contributed by atoms with van der Waals surface area (Å²) in [5, 5.41) is 7.98. The maximum atomic E-state index is 4.47. The molecular formula is C16H22N4. The van der Waals surface area contributed by atoms with Crippen LogP contribution in [-0.2, 0) is 0 Å². The molecule has 4 nitrogen and oxygen atoms in total. The van der Waals surface area contributed by atoms with E-state index < -0.39 is 0 Å². The van der Waals surface area contributed by atoms with Crippen LogP contribution >= 0.6 is 0 Å². The fraction of sp³-hybridized carbons (Fsp3) is 0.500. The zero-order valence-electron chi connectivity index (χ0n) is 12.2. The van der Waals surface area contributed by atoms with Gasteiger partial charge in [0.05, 0.1) is 5.69 Å². The molecule has 2 heterocycles. The number of hydrogen-bond donors (Lipinski definition) is 1. The van der Waals surface area contributed by atoms with Crippen LogP contribution in [0.25, 0.3) is 5.82 Å². The van der Waals surface area contributed by atoms with Gasteiger partial charge in [-0.2, -0.15) is 5.10 Å². The fourth-order valence-electron chi connectivity index (χ4n) is 3.07. The molecule has 0 aromatic carbocycles. The smallest absolute Gasteiger partial charge is 0.176 e. The zero-order chi connectivity index (χ0) is 13.9. The molecular weight excluding hydrogens is 248 g/mol. The first-order valence-electron chi connectivity index (χ1n) is 7.47. The number of anilines is 1. The van der Waals surface area contributed by atoms with Crippen LogP contribution in [0.1, 0.15) is 33.1 Å². The van der Waals surface area contributed by atoms with Crippen molar-refractivity contribution >= 4 is 5.69 Å². The highest BCUT2D eigenvalue weighted by Crippen LogP contribution is 2.32. The first kappa shape index (κ1) is 13.2. The van der Waals surface area contributed by atoms with Gasteiger partial charge in [0, 0.05) is 24.6 Å². The fourth-order valence-corrected chi connectivity index (χ4v) is 3.07. The second-order valence-corrected chi connectivity index (χ2v) is 5.84. The third-order valence-electron chi connectivity index (χ3n) is 4.56. The largest absolute Gasteiger partial charge is 0.379 e. The number of nitrogens with zero attached hydrogens (tertiary/aromatic N) is 3. The standard InChI is InChI=1S/C16H22N4/c1-12-6-3-7-14(13(12)2)19-15-8-4-9-17-16(15)20-11-5-10-18-20/h4-5,8-14,19H,3,6-7H2,1-2H3. The van der Waals surface area contributed by atoms with Gasteiger partial charge in [-0.15, -0.1) is 0 Å². The predicted octanol–water partition coefficient (Wildman–Crippen LogP) is 3.50. The third kappa shape index (κ3) is 2.55. The summed E-state index contributed by atoms with van der Waals surface area (Å²) in [5.74, 6) is 2.35. The summed E-state index contributed by atoms with van der Waals surface area (Å²) in [6, 6.07) is 6.52. The van der Waals surface area contributed by atoms with Gasteiger partial charge in [0.15, 0.2) is 5.82 Å². The second-order valence-electron chi connectivity index (χ2n) is 5.84. The molecule has 3 atom stereocenters. The highest BCUT2D eigenvalue weighted by Gasteiger charge is 2.27. The summed E-state index contributed by atoms with van der Waals surface area (Å²) in [6.45, 7) is 4.71. The van der Waals surface area contributed by atoms with Crippen molar-refractivity contribution in [2.24, 2.45) is 11.8 Å². The summed E-state index contributed by atoms with van der Waals surface area (Å²) in [4.78, 5) is 4.47. The summed E-state index contributed by atoms with van der Waals surface area (Å²) in [7, 11) is 0. The first-order valence-corrected chi connectivity index (χ1v) is 7.47. The average Bonchev–Trinajstić information content (AvgIpc) is 2.98. The normalized spacial score (nSPS) is 26.4. The van der Waals surface area contributed by atoms with Crippen LogP contribution in [0.4, 0.5) is 5.69 Å². The van der Waals surface area contributed by atoms with Gasteiger partial charge in [0.2, 0.25) is 0 Å². The summed E-state index contributed by atoms with van der Waals surface area (Å²) in [6.07, 6.45) is 9.41. The lowest BCUT2D eigenvalue weighted by Crippen LogP contribution is -2.35. The highest BCUT2D eigenvalue weighted by atomic mass is 15.3. The Hall–Kier alpha value is -1.84. The molecule has 0 spiro atoms. The monoisotopic (exact) mass is 270 g/mol. The van der Waals surface area contributed by atoms with Gasteiger partial charge in [-0.05, 0) is 36.5 Å². The SMILES string of the molecule is CC1CCCC(Nc2cccnc2-n2cccn2)C1C. The highest BCUT2D eigenvalue weighted by molar-refractivity contribution is 5.56. The van der Waals surface area contributed by atoms with E-state index in [1.807, 2.05) is 29.2 Å². The summed E-state index contributed by atoms with van der Waals surface area (Å²) < 4.78 is 1.82. The van der Waals surface area contributed by atoms with Crippen molar-refractivity contribution in [3.8, 4) is 5.82 Å². The lowest BCUT2D eigenvalue weighted by atomic mass is 9.78. The number of rotatable bonds is 3. The minimum Gasteiger partial charge on any atom is -0.379 e. The Balaban J connectivity index is 1.84. The molecule has 1 aliphatic carbocycles. The van der Waals surface area contributed by atoms with Crippen LogP contribution in [0, 0.1) is 11.8 Å². The molecule has 0 amide bonds. The van der Waals surface area contributed by atoms with Gasteiger partial charge in [-0.1, -0.05) is 26.7 Å². The summed E-state index contributed by atoms with van der Waals surface area (Å²) >= 11 is 0. The molecule has 1 saturated carbocycles. The topological polar surface area (TPSA) is 42.7 Å². The van der Waals surface area contributed by atoms with Gasteiger partial charge in [0.25, 0.3) is 0 Å². The minimum absolute atomic E-state index is 0.525. The number of nitrogens with one attached hydrogen (secondary N) is 1. The van der Waals surface area contributed by atoms with Crippen molar-refractivity contribution in [3.63, 3.8) is 0 Å². The van der Waals surface area contributed by atoms with E-state index in [1.165, 1.54) is 19.3 Å². The second kappa shape index (κ2) is 5.65. The van der Waals surface area contributed by atoms with E-state index in [0.29, 0.717) is 12.0 Å². The van der Waals surface area contributed by atoms with Crippen LogP contribution in [0.2, 0.25) is 0 Å². The van der Waals surface area contributed by atoms with Crippen molar-refractivity contribution in [1.29, 1.82) is 0 Å². The van der Waals surface area contributed by atoms with Crippen LogP contribution in [0.15, 0.2) is 36.8 Å². The van der Waals surface area contributed by atoms with Crippen molar-refractivity contribution in [1.82, 2.24) is 14.8 Å². The molecule has 3 unspecified atom stereocenters. The quantitative estimate of drug-likeness (QED) is 0.928. The van der Waals surface area contributed by atoms with E-state index in [4.69, 9.17) is 0 Å². The Morgan fingerprint density at radius 3 is 2.90 bits per heavy atom. The minimum atomic E-state index is 0.525. The van der Waals surface area contributed by atoms with Gasteiger partial charge >= 0.3 is 0 Å². The van der Waals surface area contributed by atoms with Gasteiger partial charge < -0.3 is 5.32 Å². The van der Waals surface area contributed by atoms with Crippen LogP contribution < -0.4 is 5.32 Å². The molecule has 3 rings (SSSR count). The van der Waals surface area contributed by atoms with Crippen molar-refractivity contribution < 1.29 is 0 Å². The third-order valence-corrected chi connectivity index (χ3v) is 4.56. The molecule has 4 heteroatoms. The van der Waals surface area contributed by atoms with Crippen molar-refractivity contribution in [3.05, 3.63) is 36.8 Å². The van der Waals surface area contributed by atoms with Gasteiger partial charge in [-0.25, -0.2) is 9.67 Å². The Bertz CT molecular complexity index is 549. The van der Waals surface area contributed by atoms with Crippen molar-refractivity contribution in [2.75, 3.05) is 5.32 Å². The first-order chi connectivity index (χ1) is 9.75. The predicted molar refractivity (Wildman–Crippen MR) is 80.9 cm³/mol.